The Bertz CT molecular complexity index is 1680. The maximum atomic E-state index is 14.1. The van der Waals surface area contributed by atoms with Gasteiger partial charge >= 0.3 is 0 Å². The second kappa shape index (κ2) is 15.5. The van der Waals surface area contributed by atoms with Gasteiger partial charge in [-0.1, -0.05) is 42.5 Å². The summed E-state index contributed by atoms with van der Waals surface area (Å²) in [5, 5.41) is 23.3. The highest BCUT2D eigenvalue weighted by atomic mass is 16.5. The molecule has 14 heteroatoms. The monoisotopic (exact) mass is 685 g/mol. The lowest BCUT2D eigenvalue weighted by Crippen LogP contribution is -2.58. The minimum Gasteiger partial charge on any atom is -0.484 e. The molecule has 2 fully saturated rings. The fraction of sp³-hybridized carbons (Fsp3) is 0.444. The van der Waals surface area contributed by atoms with Gasteiger partial charge in [0.1, 0.15) is 24.4 Å². The maximum Gasteiger partial charge on any atom is 0.258 e. The molecule has 14 nitrogen and oxygen atoms in total. The van der Waals surface area contributed by atoms with E-state index in [0.717, 1.165) is 24.0 Å². The van der Waals surface area contributed by atoms with Crippen molar-refractivity contribution in [2.24, 2.45) is 5.92 Å². The van der Waals surface area contributed by atoms with E-state index in [-0.39, 0.29) is 50.3 Å². The number of fused-ring (bicyclic) bond motifs is 4. The van der Waals surface area contributed by atoms with Gasteiger partial charge in [-0.3, -0.25) is 28.7 Å². The molecule has 5 amide bonds. The molecule has 6 rings (SSSR count). The van der Waals surface area contributed by atoms with Gasteiger partial charge in [0, 0.05) is 44.4 Å². The maximum absolute atomic E-state index is 14.1. The number of nitrogens with zero attached hydrogens (tertiary/aromatic N) is 4. The second-order valence-corrected chi connectivity index (χ2v) is 13.3. The first kappa shape index (κ1) is 34.6. The van der Waals surface area contributed by atoms with Crippen molar-refractivity contribution in [1.82, 2.24) is 35.5 Å². The Morgan fingerprint density at radius 1 is 0.980 bits per heavy atom. The summed E-state index contributed by atoms with van der Waals surface area (Å²) in [6.07, 6.45) is 4.03. The van der Waals surface area contributed by atoms with E-state index in [9.17, 15) is 29.1 Å². The highest BCUT2D eigenvalue weighted by Crippen LogP contribution is 2.31. The number of ether oxygens (including phenoxy) is 1. The second-order valence-electron chi connectivity index (χ2n) is 13.3. The van der Waals surface area contributed by atoms with Crippen LogP contribution < -0.4 is 20.7 Å². The Kier molecular flexibility index (Phi) is 10.8. The minimum atomic E-state index is -1.31. The molecule has 264 valence electrons. The highest BCUT2D eigenvalue weighted by molar-refractivity contribution is 5.93. The molecule has 4 N–H and O–H groups in total. The molecule has 2 aromatic carbocycles. The van der Waals surface area contributed by atoms with Crippen molar-refractivity contribution in [2.45, 2.75) is 62.9 Å². The molecule has 0 radical (unpaired) electrons. The van der Waals surface area contributed by atoms with Gasteiger partial charge in [0.2, 0.25) is 23.6 Å². The molecule has 0 unspecified atom stereocenters. The van der Waals surface area contributed by atoms with Crippen molar-refractivity contribution >= 4 is 29.5 Å². The number of carbonyl (C=O) groups excluding carboxylic acids is 5. The summed E-state index contributed by atoms with van der Waals surface area (Å²) in [5.74, 6) is -2.12. The van der Waals surface area contributed by atoms with Crippen LogP contribution in [0.3, 0.4) is 0 Å². The first-order chi connectivity index (χ1) is 24.1. The van der Waals surface area contributed by atoms with Crippen molar-refractivity contribution in [1.29, 1.82) is 0 Å². The Balaban J connectivity index is 1.32. The first-order valence-corrected chi connectivity index (χ1v) is 17.0. The lowest BCUT2D eigenvalue weighted by atomic mass is 9.93. The van der Waals surface area contributed by atoms with E-state index in [1.165, 1.54) is 11.8 Å². The summed E-state index contributed by atoms with van der Waals surface area (Å²) in [5.41, 5.74) is 1.60. The highest BCUT2D eigenvalue weighted by Gasteiger charge is 2.39. The number of nitrogens with one attached hydrogen (secondary N) is 3. The molecule has 3 aliphatic rings. The smallest absolute Gasteiger partial charge is 0.258 e. The van der Waals surface area contributed by atoms with Gasteiger partial charge in [-0.2, -0.15) is 5.10 Å². The Hall–Kier alpha value is -5.24. The topological polar surface area (TPSA) is 175 Å². The number of hydrogen-bond acceptors (Lipinski definition) is 8. The minimum absolute atomic E-state index is 0.0366. The normalized spacial score (nSPS) is 24.2. The largest absolute Gasteiger partial charge is 0.484 e. The Morgan fingerprint density at radius 2 is 1.78 bits per heavy atom. The average molecular weight is 686 g/mol. The van der Waals surface area contributed by atoms with E-state index < -0.39 is 54.5 Å². The number of hydrogen-bond donors (Lipinski definition) is 4. The van der Waals surface area contributed by atoms with E-state index in [2.05, 4.69) is 21.0 Å². The zero-order chi connectivity index (χ0) is 35.2. The quantitative estimate of drug-likeness (QED) is 0.273. The number of likely N-dealkylation sites (tertiary alicyclic amines) is 1. The van der Waals surface area contributed by atoms with Gasteiger partial charge in [-0.05, 0) is 55.0 Å². The molecule has 1 aromatic heterocycles. The standard InChI is InChI=1S/C36H43N7O7/c1-23(44)34-36(49)42(17-25-11-12-25)20-31(45)38-29(15-24-7-3-2-4-8-24)35(48)39-30-19-41(33(47)21-43-14-6-13-37-43)18-28(30)26-9-5-10-27(16-26)50-22-32(46)40-34/h2-10,13-14,16,23,25,28-30,34,44H,11-12,15,17-22H2,1H3,(H,38,45)(H,39,48)(H,40,46)/t23-,28-,29+,30+,34+/m1/s1. The van der Waals surface area contributed by atoms with Gasteiger partial charge in [-0.15, -0.1) is 0 Å². The van der Waals surface area contributed by atoms with Crippen LogP contribution >= 0.6 is 0 Å². The van der Waals surface area contributed by atoms with E-state index in [1.807, 2.05) is 36.4 Å². The summed E-state index contributed by atoms with van der Waals surface area (Å²) < 4.78 is 7.36. The van der Waals surface area contributed by atoms with Crippen LogP contribution in [0.25, 0.3) is 0 Å². The van der Waals surface area contributed by atoms with Crippen molar-refractivity contribution in [3.63, 3.8) is 0 Å². The van der Waals surface area contributed by atoms with Crippen LogP contribution in [-0.4, -0.2) is 111 Å². The van der Waals surface area contributed by atoms with Crippen LogP contribution in [-0.2, 0) is 36.9 Å². The number of aliphatic hydroxyl groups is 1. The number of benzene rings is 2. The van der Waals surface area contributed by atoms with Gasteiger partial charge in [0.25, 0.3) is 5.91 Å². The third-order valence-electron chi connectivity index (χ3n) is 9.33. The van der Waals surface area contributed by atoms with Crippen molar-refractivity contribution < 1.29 is 33.8 Å². The predicted molar refractivity (Wildman–Crippen MR) is 180 cm³/mol. The van der Waals surface area contributed by atoms with E-state index in [0.29, 0.717) is 12.3 Å². The summed E-state index contributed by atoms with van der Waals surface area (Å²) in [7, 11) is 0. The fourth-order valence-electron chi connectivity index (χ4n) is 6.51. The average Bonchev–Trinajstić information content (AvgIpc) is 3.58. The fourth-order valence-corrected chi connectivity index (χ4v) is 6.51. The third kappa shape index (κ3) is 8.86. The molecular formula is C36H43N7O7. The number of rotatable bonds is 7. The van der Waals surface area contributed by atoms with E-state index >= 15 is 0 Å². The predicted octanol–water partition coefficient (Wildman–Crippen LogP) is 0.218. The molecular weight excluding hydrogens is 642 g/mol. The Labute approximate surface area is 290 Å². The molecule has 1 aliphatic carbocycles. The molecule has 3 aromatic rings. The van der Waals surface area contributed by atoms with E-state index in [1.54, 1.807) is 46.2 Å². The molecule has 2 bridgehead atoms. The van der Waals surface area contributed by atoms with Gasteiger partial charge in [-0.25, -0.2) is 0 Å². The molecule has 0 spiro atoms. The number of carbonyl (C=O) groups is 5. The molecule has 3 heterocycles. The molecule has 5 atom stereocenters. The van der Waals surface area contributed by atoms with Crippen molar-refractivity contribution in [3.8, 4) is 5.75 Å². The summed E-state index contributed by atoms with van der Waals surface area (Å²) in [4.78, 5) is 71.0. The van der Waals surface area contributed by atoms with Crippen LogP contribution in [0.15, 0.2) is 73.1 Å². The number of amides is 5. The molecule has 2 aliphatic heterocycles. The third-order valence-corrected chi connectivity index (χ3v) is 9.33. The van der Waals surface area contributed by atoms with Gasteiger partial charge < -0.3 is 35.6 Å². The zero-order valence-corrected chi connectivity index (χ0v) is 27.9. The van der Waals surface area contributed by atoms with Crippen molar-refractivity contribution in [2.75, 3.05) is 32.8 Å². The van der Waals surface area contributed by atoms with Crippen LogP contribution in [0.1, 0.15) is 36.8 Å². The van der Waals surface area contributed by atoms with Gasteiger partial charge in [0.15, 0.2) is 6.61 Å². The molecule has 1 saturated carbocycles. The summed E-state index contributed by atoms with van der Waals surface area (Å²) >= 11 is 0. The summed E-state index contributed by atoms with van der Waals surface area (Å²) in [6.45, 7) is 1.44. The number of aliphatic hydroxyl groups excluding tert-OH is 1. The SMILES string of the molecule is C[C@@H](O)[C@@H]1NC(=O)COc2cccc(c2)[C@H]2CN(C(=O)Cn3cccn3)C[C@@H]2NC(=O)[C@H](Cc2ccccc2)NC(=O)CN(CC2CC2)C1=O. The zero-order valence-electron chi connectivity index (χ0n) is 27.9. The number of aromatic nitrogens is 2. The van der Waals surface area contributed by atoms with Crippen LogP contribution in [0.5, 0.6) is 5.75 Å². The molecule has 1 saturated heterocycles. The lowest BCUT2D eigenvalue weighted by molar-refractivity contribution is -0.143. The lowest BCUT2D eigenvalue weighted by Gasteiger charge is -2.30. The first-order valence-electron chi connectivity index (χ1n) is 17.0. The van der Waals surface area contributed by atoms with Crippen LogP contribution in [0, 0.1) is 5.92 Å². The van der Waals surface area contributed by atoms with Crippen LogP contribution in [0.2, 0.25) is 0 Å². The van der Waals surface area contributed by atoms with Gasteiger partial charge in [0.05, 0.1) is 18.7 Å². The summed E-state index contributed by atoms with van der Waals surface area (Å²) in [6, 6.07) is 15.3. The van der Waals surface area contributed by atoms with Crippen molar-refractivity contribution in [3.05, 3.63) is 84.2 Å². The van der Waals surface area contributed by atoms with E-state index in [4.69, 9.17) is 4.74 Å². The Morgan fingerprint density at radius 3 is 2.50 bits per heavy atom. The van der Waals surface area contributed by atoms with Crippen LogP contribution in [0.4, 0.5) is 0 Å². The molecule has 50 heavy (non-hydrogen) atoms.